The molecule has 0 saturated heterocycles. The third-order valence-corrected chi connectivity index (χ3v) is 2.48. The highest BCUT2D eigenvalue weighted by molar-refractivity contribution is 5.43. The van der Waals surface area contributed by atoms with Gasteiger partial charge in [0.05, 0.1) is 11.8 Å². The van der Waals surface area contributed by atoms with E-state index in [4.69, 9.17) is 11.0 Å². The van der Waals surface area contributed by atoms with Gasteiger partial charge in [-0.3, -0.25) is 4.79 Å². The number of rotatable bonds is 3. The predicted molar refractivity (Wildman–Crippen MR) is 59.4 cm³/mol. The Hall–Kier alpha value is -1.76. The number of hydrogen-bond donors (Lipinski definition) is 1. The van der Waals surface area contributed by atoms with Crippen LogP contribution in [0.25, 0.3) is 0 Å². The molecule has 0 aliphatic rings. The molecule has 0 aliphatic heterocycles. The minimum Gasteiger partial charge on any atom is -0.397 e. The molecule has 4 heteroatoms. The molecule has 1 rings (SSSR count). The van der Waals surface area contributed by atoms with Crippen LogP contribution in [-0.4, -0.2) is 4.57 Å². The lowest BCUT2D eigenvalue weighted by Gasteiger charge is -2.14. The van der Waals surface area contributed by atoms with Crippen molar-refractivity contribution in [3.63, 3.8) is 0 Å². The highest BCUT2D eigenvalue weighted by Crippen LogP contribution is 2.13. The summed E-state index contributed by atoms with van der Waals surface area (Å²) in [4.78, 5) is 11.6. The Morgan fingerprint density at radius 3 is 2.93 bits per heavy atom. The van der Waals surface area contributed by atoms with Crippen molar-refractivity contribution in [3.8, 4) is 6.07 Å². The van der Waals surface area contributed by atoms with E-state index in [1.807, 2.05) is 6.92 Å². The van der Waals surface area contributed by atoms with Crippen LogP contribution in [0.2, 0.25) is 0 Å². The highest BCUT2D eigenvalue weighted by Gasteiger charge is 2.07. The Morgan fingerprint density at radius 2 is 2.33 bits per heavy atom. The van der Waals surface area contributed by atoms with Gasteiger partial charge in [0.2, 0.25) is 0 Å². The van der Waals surface area contributed by atoms with Crippen molar-refractivity contribution in [2.24, 2.45) is 0 Å². The average molecular weight is 205 g/mol. The summed E-state index contributed by atoms with van der Waals surface area (Å²) in [7, 11) is 0. The molecule has 2 N–H and O–H groups in total. The van der Waals surface area contributed by atoms with Crippen LogP contribution in [0.5, 0.6) is 0 Å². The van der Waals surface area contributed by atoms with Gasteiger partial charge in [-0.25, -0.2) is 0 Å². The van der Waals surface area contributed by atoms with E-state index in [0.29, 0.717) is 18.5 Å². The number of hydrogen-bond acceptors (Lipinski definition) is 3. The number of nitrogen functional groups attached to an aromatic ring is 1. The van der Waals surface area contributed by atoms with Gasteiger partial charge in [-0.05, 0) is 25.8 Å². The molecular weight excluding hydrogens is 190 g/mol. The van der Waals surface area contributed by atoms with Gasteiger partial charge in [-0.1, -0.05) is 0 Å². The fourth-order valence-corrected chi connectivity index (χ4v) is 1.42. The topological polar surface area (TPSA) is 71.8 Å². The van der Waals surface area contributed by atoms with Crippen molar-refractivity contribution in [2.75, 3.05) is 5.73 Å². The Morgan fingerprint density at radius 1 is 1.67 bits per heavy atom. The van der Waals surface area contributed by atoms with Crippen LogP contribution < -0.4 is 11.3 Å². The minimum atomic E-state index is -0.0628. The summed E-state index contributed by atoms with van der Waals surface area (Å²) in [5, 5.41) is 8.47. The van der Waals surface area contributed by atoms with Crippen LogP contribution in [-0.2, 0) is 0 Å². The third kappa shape index (κ3) is 2.59. The van der Waals surface area contributed by atoms with E-state index < -0.39 is 0 Å². The van der Waals surface area contributed by atoms with Crippen molar-refractivity contribution in [2.45, 2.75) is 32.7 Å². The van der Waals surface area contributed by atoms with E-state index in [0.717, 1.165) is 5.56 Å². The highest BCUT2D eigenvalue weighted by atomic mass is 16.1. The zero-order chi connectivity index (χ0) is 11.4. The number of aryl methyl sites for hydroxylation is 1. The lowest BCUT2D eigenvalue weighted by molar-refractivity contribution is 0.499. The standard InChI is InChI=1S/C11H15N3O/c1-8-6-11(15)14(7-10(8)13)9(2)4-3-5-12/h6-7,9H,3-4,13H2,1-2H3. The second-order valence-corrected chi connectivity index (χ2v) is 3.70. The summed E-state index contributed by atoms with van der Waals surface area (Å²) < 4.78 is 1.58. The smallest absolute Gasteiger partial charge is 0.251 e. The lowest BCUT2D eigenvalue weighted by Crippen LogP contribution is -2.23. The summed E-state index contributed by atoms with van der Waals surface area (Å²) in [5.41, 5.74) is 7.07. The van der Waals surface area contributed by atoms with Gasteiger partial charge in [0, 0.05) is 24.7 Å². The molecule has 0 radical (unpaired) electrons. The monoisotopic (exact) mass is 205 g/mol. The molecule has 1 aromatic rings. The largest absolute Gasteiger partial charge is 0.397 e. The summed E-state index contributed by atoms with van der Waals surface area (Å²) in [6.45, 7) is 3.72. The maximum Gasteiger partial charge on any atom is 0.251 e. The molecule has 4 nitrogen and oxygen atoms in total. The number of pyridine rings is 1. The number of nitriles is 1. The SMILES string of the molecule is Cc1cc(=O)n(C(C)CCC#N)cc1N. The van der Waals surface area contributed by atoms with Crippen LogP contribution in [0.15, 0.2) is 17.1 Å². The van der Waals surface area contributed by atoms with Gasteiger partial charge in [-0.15, -0.1) is 0 Å². The van der Waals surface area contributed by atoms with Crippen LogP contribution >= 0.6 is 0 Å². The van der Waals surface area contributed by atoms with E-state index >= 15 is 0 Å². The molecule has 0 fully saturated rings. The van der Waals surface area contributed by atoms with E-state index in [1.165, 1.54) is 6.07 Å². The molecular formula is C11H15N3O. The van der Waals surface area contributed by atoms with Crippen molar-refractivity contribution in [3.05, 3.63) is 28.2 Å². The fourth-order valence-electron chi connectivity index (χ4n) is 1.42. The molecule has 1 aromatic heterocycles. The quantitative estimate of drug-likeness (QED) is 0.814. The number of nitrogens with two attached hydrogens (primary N) is 1. The Labute approximate surface area is 88.9 Å². The molecule has 1 unspecified atom stereocenters. The van der Waals surface area contributed by atoms with Crippen LogP contribution in [0.3, 0.4) is 0 Å². The second-order valence-electron chi connectivity index (χ2n) is 3.70. The number of nitrogens with zero attached hydrogens (tertiary/aromatic N) is 2. The van der Waals surface area contributed by atoms with Crippen molar-refractivity contribution in [1.29, 1.82) is 5.26 Å². The number of aromatic nitrogens is 1. The van der Waals surface area contributed by atoms with Gasteiger partial charge in [0.15, 0.2) is 0 Å². The van der Waals surface area contributed by atoms with Crippen LogP contribution in [0, 0.1) is 18.3 Å². The molecule has 0 aliphatic carbocycles. The lowest BCUT2D eigenvalue weighted by atomic mass is 10.1. The van der Waals surface area contributed by atoms with E-state index in [1.54, 1.807) is 17.7 Å². The number of anilines is 1. The van der Waals surface area contributed by atoms with E-state index in [2.05, 4.69) is 6.07 Å². The average Bonchev–Trinajstić information content (AvgIpc) is 2.20. The van der Waals surface area contributed by atoms with Gasteiger partial charge in [0.25, 0.3) is 5.56 Å². The molecule has 1 atom stereocenters. The van der Waals surface area contributed by atoms with Crippen molar-refractivity contribution in [1.82, 2.24) is 4.57 Å². The van der Waals surface area contributed by atoms with Gasteiger partial charge >= 0.3 is 0 Å². The molecule has 0 amide bonds. The van der Waals surface area contributed by atoms with Gasteiger partial charge in [-0.2, -0.15) is 5.26 Å². The molecule has 0 saturated carbocycles. The maximum atomic E-state index is 11.6. The normalized spacial score (nSPS) is 12.1. The minimum absolute atomic E-state index is 0.0139. The first-order valence-corrected chi connectivity index (χ1v) is 4.91. The summed E-state index contributed by atoms with van der Waals surface area (Å²) in [6.07, 6.45) is 2.76. The van der Waals surface area contributed by atoms with Crippen LogP contribution in [0.4, 0.5) is 5.69 Å². The van der Waals surface area contributed by atoms with E-state index in [9.17, 15) is 4.79 Å². The molecule has 0 aromatic carbocycles. The molecule has 80 valence electrons. The predicted octanol–water partition coefficient (Wildman–Crippen LogP) is 1.60. The first-order chi connectivity index (χ1) is 7.06. The van der Waals surface area contributed by atoms with E-state index in [-0.39, 0.29) is 11.6 Å². The van der Waals surface area contributed by atoms with Gasteiger partial charge < -0.3 is 10.3 Å². The Balaban J connectivity index is 3.00. The molecule has 1 heterocycles. The first-order valence-electron chi connectivity index (χ1n) is 4.91. The fraction of sp³-hybridized carbons (Fsp3) is 0.455. The summed E-state index contributed by atoms with van der Waals surface area (Å²) in [5.74, 6) is 0. The second kappa shape index (κ2) is 4.65. The summed E-state index contributed by atoms with van der Waals surface area (Å²) >= 11 is 0. The zero-order valence-electron chi connectivity index (χ0n) is 9.03. The van der Waals surface area contributed by atoms with Crippen LogP contribution in [0.1, 0.15) is 31.4 Å². The first kappa shape index (κ1) is 11.3. The Kier molecular flexibility index (Phi) is 3.51. The Bertz CT molecular complexity index is 442. The molecule has 15 heavy (non-hydrogen) atoms. The van der Waals surface area contributed by atoms with Crippen molar-refractivity contribution >= 4 is 5.69 Å². The third-order valence-electron chi connectivity index (χ3n) is 2.48. The molecule has 0 bridgehead atoms. The van der Waals surface area contributed by atoms with Gasteiger partial charge in [0.1, 0.15) is 0 Å². The molecule has 0 spiro atoms. The van der Waals surface area contributed by atoms with Crippen molar-refractivity contribution < 1.29 is 0 Å². The maximum absolute atomic E-state index is 11.6. The summed E-state index contributed by atoms with van der Waals surface area (Å²) in [6, 6.07) is 3.61. The zero-order valence-corrected chi connectivity index (χ0v) is 9.03.